The lowest BCUT2D eigenvalue weighted by molar-refractivity contribution is 0.669. The Morgan fingerprint density at radius 2 is 0.941 bits per heavy atom. The van der Waals surface area contributed by atoms with E-state index in [-0.39, 0.29) is 45.7 Å². The van der Waals surface area contributed by atoms with E-state index in [9.17, 15) is 5.48 Å². The van der Waals surface area contributed by atoms with Gasteiger partial charge in [-0.05, 0) is 112 Å². The minimum atomic E-state index is -0.429. The first kappa shape index (κ1) is 21.4. The molecule has 0 bridgehead atoms. The molecule has 236 valence electrons. The minimum Gasteiger partial charge on any atom is -0.456 e. The van der Waals surface area contributed by atoms with Crippen LogP contribution in [0.15, 0.2) is 186 Å². The Hall–Kier alpha value is -6.70. The molecule has 0 amide bonds. The van der Waals surface area contributed by atoms with Gasteiger partial charge in [0.05, 0.1) is 11.0 Å². The fourth-order valence-electron chi connectivity index (χ4n) is 8.02. The van der Waals surface area contributed by atoms with Gasteiger partial charge in [0.25, 0.3) is 0 Å². The molecule has 1 heterocycles. The van der Waals surface area contributed by atoms with Gasteiger partial charge in [0.1, 0.15) is 11.2 Å². The van der Waals surface area contributed by atoms with Crippen LogP contribution in [0, 0.1) is 0 Å². The summed E-state index contributed by atoms with van der Waals surface area (Å²) in [4.78, 5) is 0. The highest BCUT2D eigenvalue weighted by Gasteiger charge is 2.19. The Morgan fingerprint density at radius 3 is 1.71 bits per heavy atom. The van der Waals surface area contributed by atoms with Gasteiger partial charge in [-0.1, -0.05) is 158 Å². The van der Waals surface area contributed by atoms with E-state index >= 15 is 0 Å². The molecule has 1 nitrogen and oxygen atoms in total. The molecule has 0 atom stereocenters. The van der Waals surface area contributed by atoms with Crippen molar-refractivity contribution < 1.29 is 15.4 Å². The maximum atomic E-state index is 9.47. The number of rotatable bonds is 3. The SMILES string of the molecule is [2H]c1c([2H])c([2H])c2c(-c3cccc4c(-c5ccc6c(c5)oc5ccc7ccccc7c56)cccc34)c3c([2H])c([2H])c([2H])c([2H])c3c(-c3ccc4ccccc4c3)c2c1[2H]. The number of fused-ring (bicyclic) bond motifs is 9. The van der Waals surface area contributed by atoms with Gasteiger partial charge < -0.3 is 4.42 Å². The Balaban J connectivity index is 1.25. The zero-order chi connectivity index (χ0) is 40.4. The molecule has 0 N–H and O–H groups in total. The lowest BCUT2D eigenvalue weighted by Gasteiger charge is -2.19. The monoisotopic (exact) mass is 654 g/mol. The van der Waals surface area contributed by atoms with Gasteiger partial charge in [-0.3, -0.25) is 0 Å². The zero-order valence-corrected chi connectivity index (χ0v) is 27.1. The van der Waals surface area contributed by atoms with Crippen molar-refractivity contribution in [3.05, 3.63) is 182 Å². The summed E-state index contributed by atoms with van der Waals surface area (Å²) in [6, 6.07) is 40.8. The largest absolute Gasteiger partial charge is 0.456 e. The Morgan fingerprint density at radius 1 is 0.353 bits per heavy atom. The predicted molar refractivity (Wildman–Crippen MR) is 218 cm³/mol. The maximum absolute atomic E-state index is 9.47. The topological polar surface area (TPSA) is 13.1 Å². The fraction of sp³-hybridized carbons (Fsp3) is 0. The molecule has 0 fully saturated rings. The van der Waals surface area contributed by atoms with E-state index in [1.807, 2.05) is 103 Å². The third-order valence-corrected chi connectivity index (χ3v) is 10.3. The molecule has 0 saturated carbocycles. The Bertz CT molecular complexity index is 3580. The van der Waals surface area contributed by atoms with Crippen LogP contribution in [0.5, 0.6) is 0 Å². The normalized spacial score (nSPS) is 14.1. The molecule has 11 aromatic rings. The van der Waals surface area contributed by atoms with Crippen molar-refractivity contribution in [3.8, 4) is 33.4 Å². The summed E-state index contributed by atoms with van der Waals surface area (Å²) in [5, 5.41) is 8.52. The first-order valence-corrected chi connectivity index (χ1v) is 16.9. The molecule has 0 aliphatic rings. The van der Waals surface area contributed by atoms with Gasteiger partial charge in [0, 0.05) is 10.8 Å². The summed E-state index contributed by atoms with van der Waals surface area (Å²) in [7, 11) is 0. The first-order chi connectivity index (χ1) is 28.6. The van der Waals surface area contributed by atoms with Gasteiger partial charge in [-0.25, -0.2) is 0 Å². The summed E-state index contributed by atoms with van der Waals surface area (Å²) >= 11 is 0. The smallest absolute Gasteiger partial charge is 0.136 e. The van der Waals surface area contributed by atoms with Crippen molar-refractivity contribution in [2.45, 2.75) is 0 Å². The highest BCUT2D eigenvalue weighted by molar-refractivity contribution is 6.24. The van der Waals surface area contributed by atoms with Gasteiger partial charge >= 0.3 is 0 Å². The quantitative estimate of drug-likeness (QED) is 0.173. The molecule has 0 aliphatic carbocycles. The van der Waals surface area contributed by atoms with Gasteiger partial charge in [-0.2, -0.15) is 0 Å². The molecule has 51 heavy (non-hydrogen) atoms. The minimum absolute atomic E-state index is 0.186. The molecule has 10 aromatic carbocycles. The van der Waals surface area contributed by atoms with Crippen LogP contribution in [-0.4, -0.2) is 0 Å². The van der Waals surface area contributed by atoms with E-state index in [2.05, 4.69) is 30.3 Å². The third-order valence-electron chi connectivity index (χ3n) is 10.3. The maximum Gasteiger partial charge on any atom is 0.136 e. The summed E-state index contributed by atoms with van der Waals surface area (Å²) in [5.74, 6) is 0. The predicted octanol–water partition coefficient (Wildman–Crippen LogP) is 14.4. The van der Waals surface area contributed by atoms with E-state index in [1.54, 1.807) is 0 Å². The van der Waals surface area contributed by atoms with Gasteiger partial charge in [0.15, 0.2) is 0 Å². The Labute approximate surface area is 305 Å². The molecule has 0 aliphatic heterocycles. The molecule has 1 heteroatoms. The molecule has 0 unspecified atom stereocenters. The van der Waals surface area contributed by atoms with Crippen molar-refractivity contribution in [2.75, 3.05) is 0 Å². The molecule has 0 radical (unpaired) electrons. The zero-order valence-electron chi connectivity index (χ0n) is 35.1. The summed E-state index contributed by atoms with van der Waals surface area (Å²) in [5.41, 5.74) is 5.17. The number of hydrogen-bond donors (Lipinski definition) is 0. The van der Waals surface area contributed by atoms with Crippen molar-refractivity contribution in [1.82, 2.24) is 0 Å². The van der Waals surface area contributed by atoms with Crippen molar-refractivity contribution in [1.29, 1.82) is 0 Å². The lowest BCUT2D eigenvalue weighted by atomic mass is 9.84. The van der Waals surface area contributed by atoms with Crippen LogP contribution in [0.2, 0.25) is 0 Å². The molecular formula is C50H30O. The average Bonchev–Trinajstić information content (AvgIpc) is 3.66. The van der Waals surface area contributed by atoms with Crippen LogP contribution in [0.4, 0.5) is 0 Å². The lowest BCUT2D eigenvalue weighted by Crippen LogP contribution is -1.92. The fourth-order valence-corrected chi connectivity index (χ4v) is 8.02. The molecule has 0 saturated heterocycles. The number of benzene rings is 10. The average molecular weight is 655 g/mol. The highest BCUT2D eigenvalue weighted by atomic mass is 16.3. The second kappa shape index (κ2) is 10.9. The summed E-state index contributed by atoms with van der Waals surface area (Å²) in [6.07, 6.45) is 0. The van der Waals surface area contributed by atoms with E-state index in [0.29, 0.717) is 22.3 Å². The molecule has 1 aromatic heterocycles. The van der Waals surface area contributed by atoms with Gasteiger partial charge in [-0.15, -0.1) is 0 Å². The second-order valence-corrected chi connectivity index (χ2v) is 13.0. The van der Waals surface area contributed by atoms with E-state index in [1.165, 1.54) is 0 Å². The van der Waals surface area contributed by atoms with Crippen LogP contribution in [0.1, 0.15) is 11.0 Å². The van der Waals surface area contributed by atoms with E-state index in [4.69, 9.17) is 9.90 Å². The van der Waals surface area contributed by atoms with E-state index in [0.717, 1.165) is 65.4 Å². The summed E-state index contributed by atoms with van der Waals surface area (Å²) in [6.45, 7) is 0. The van der Waals surface area contributed by atoms with Crippen molar-refractivity contribution in [3.63, 3.8) is 0 Å². The highest BCUT2D eigenvalue weighted by Crippen LogP contribution is 2.47. The van der Waals surface area contributed by atoms with Gasteiger partial charge in [0.2, 0.25) is 0 Å². The standard InChI is InChI=1S/C50H30O/c1-2-13-33-29-35(24-23-31(33)11-1)48-41-15-5-7-17-43(41)49(44-18-8-6-16-42(44)48)40-22-10-20-38-36(19-9-21-39(38)40)34-25-27-45-47(30-34)51-46-28-26-32-12-3-4-14-37(32)50(45)46/h1-30H/i5D,6D,7D,8D,15D,16D,17D,18D. The van der Waals surface area contributed by atoms with Crippen LogP contribution in [0.3, 0.4) is 0 Å². The van der Waals surface area contributed by atoms with Crippen molar-refractivity contribution in [2.24, 2.45) is 0 Å². The Kier molecular flexibility index (Phi) is 4.57. The van der Waals surface area contributed by atoms with Crippen LogP contribution < -0.4 is 0 Å². The molecular weight excluding hydrogens is 617 g/mol. The summed E-state index contributed by atoms with van der Waals surface area (Å²) < 4.78 is 79.7. The van der Waals surface area contributed by atoms with Crippen LogP contribution in [0.25, 0.3) is 109 Å². The second-order valence-electron chi connectivity index (χ2n) is 13.0. The number of furan rings is 1. The number of hydrogen-bond acceptors (Lipinski definition) is 1. The first-order valence-electron chi connectivity index (χ1n) is 20.9. The van der Waals surface area contributed by atoms with Crippen LogP contribution >= 0.6 is 0 Å². The molecule has 0 spiro atoms. The van der Waals surface area contributed by atoms with Crippen molar-refractivity contribution >= 4 is 75.8 Å². The molecule has 11 rings (SSSR count). The third kappa shape index (κ3) is 4.22. The van der Waals surface area contributed by atoms with Crippen LogP contribution in [-0.2, 0) is 0 Å². The van der Waals surface area contributed by atoms with E-state index < -0.39 is 24.2 Å².